The maximum absolute atomic E-state index is 11.0. The predicted octanol–water partition coefficient (Wildman–Crippen LogP) is -2.79. The molecule has 0 aliphatic rings. The summed E-state index contributed by atoms with van der Waals surface area (Å²) in [7, 11) is 0. The zero-order valence-corrected chi connectivity index (χ0v) is 7.83. The quantitative estimate of drug-likeness (QED) is 0.313. The average molecular weight is 207 g/mol. The van der Waals surface area contributed by atoms with Crippen LogP contribution in [0.4, 0.5) is 0 Å². The second-order valence-electron chi connectivity index (χ2n) is 2.44. The van der Waals surface area contributed by atoms with E-state index in [-0.39, 0.29) is 5.75 Å². The van der Waals surface area contributed by atoms with Gasteiger partial charge in [-0.2, -0.15) is 12.6 Å². The van der Waals surface area contributed by atoms with Gasteiger partial charge >= 0.3 is 0 Å². The van der Waals surface area contributed by atoms with Gasteiger partial charge in [0, 0.05) is 5.75 Å². The number of nitrogens with one attached hydrogen (secondary N) is 1. The maximum atomic E-state index is 11.0. The van der Waals surface area contributed by atoms with Crippen LogP contribution in [0.5, 0.6) is 0 Å². The molecule has 0 aromatic heterocycles. The number of hydrogen-bond acceptors (Lipinski definition) is 5. The van der Waals surface area contributed by atoms with E-state index < -0.39 is 30.5 Å². The molecule has 0 saturated heterocycles. The highest BCUT2D eigenvalue weighted by Crippen LogP contribution is 1.86. The molecule has 0 heterocycles. The number of amides is 2. The van der Waals surface area contributed by atoms with Gasteiger partial charge in [0.05, 0.1) is 12.6 Å². The van der Waals surface area contributed by atoms with Gasteiger partial charge in [0.2, 0.25) is 11.8 Å². The lowest BCUT2D eigenvalue weighted by molar-refractivity contribution is -0.128. The molecule has 0 spiro atoms. The normalized spacial score (nSPS) is 14.7. The first kappa shape index (κ1) is 12.2. The fourth-order valence-electron chi connectivity index (χ4n) is 0.568. The van der Waals surface area contributed by atoms with Crippen molar-refractivity contribution in [1.82, 2.24) is 5.32 Å². The molecule has 0 bridgehead atoms. The predicted molar refractivity (Wildman–Crippen MR) is 50.0 cm³/mol. The Morgan fingerprint density at radius 3 is 2.38 bits per heavy atom. The van der Waals surface area contributed by atoms with Crippen LogP contribution >= 0.6 is 12.6 Å². The second kappa shape index (κ2) is 5.79. The fourth-order valence-corrected chi connectivity index (χ4v) is 0.734. The van der Waals surface area contributed by atoms with Crippen molar-refractivity contribution in [2.75, 3.05) is 12.4 Å². The summed E-state index contributed by atoms with van der Waals surface area (Å²) in [5.41, 5.74) is 10.2. The first-order valence-corrected chi connectivity index (χ1v) is 4.23. The Bertz CT molecular complexity index is 200. The van der Waals surface area contributed by atoms with Crippen molar-refractivity contribution in [2.45, 2.75) is 12.1 Å². The Hall–Kier alpha value is -0.790. The van der Waals surface area contributed by atoms with Crippen molar-refractivity contribution in [3.05, 3.63) is 0 Å². The van der Waals surface area contributed by atoms with Gasteiger partial charge in [0.15, 0.2) is 0 Å². The highest BCUT2D eigenvalue weighted by molar-refractivity contribution is 7.80. The lowest BCUT2D eigenvalue weighted by Crippen LogP contribution is -2.52. The van der Waals surface area contributed by atoms with Crippen LogP contribution in [0.2, 0.25) is 0 Å². The van der Waals surface area contributed by atoms with Gasteiger partial charge in [-0.25, -0.2) is 0 Å². The molecule has 0 aromatic rings. The molecule has 0 aromatic carbocycles. The number of rotatable bonds is 5. The van der Waals surface area contributed by atoms with Gasteiger partial charge in [0.25, 0.3) is 0 Å². The van der Waals surface area contributed by atoms with Gasteiger partial charge in [-0.1, -0.05) is 0 Å². The largest absolute Gasteiger partial charge is 0.394 e. The summed E-state index contributed by atoms with van der Waals surface area (Å²) in [6.07, 6.45) is 0. The van der Waals surface area contributed by atoms with Gasteiger partial charge in [-0.05, 0) is 0 Å². The molecule has 0 rings (SSSR count). The summed E-state index contributed by atoms with van der Waals surface area (Å²) in [5.74, 6) is -1.21. The van der Waals surface area contributed by atoms with Crippen molar-refractivity contribution < 1.29 is 14.7 Å². The molecule has 76 valence electrons. The molecular weight excluding hydrogens is 194 g/mol. The smallest absolute Gasteiger partial charge is 0.242 e. The van der Waals surface area contributed by atoms with Crippen molar-refractivity contribution in [1.29, 1.82) is 0 Å². The molecule has 0 aliphatic carbocycles. The summed E-state index contributed by atoms with van der Waals surface area (Å²) < 4.78 is 0. The standard InChI is InChI=1S/C6H13N3O3S/c7-3(2-13)6(12)9-4(1-10)5(8)11/h3-4,10,13H,1-2,7H2,(H2,8,11)(H,9,12)/t3-,4-/m0/s1. The zero-order valence-electron chi connectivity index (χ0n) is 6.93. The number of carbonyl (C=O) groups excluding carboxylic acids is 2. The van der Waals surface area contributed by atoms with E-state index in [1.54, 1.807) is 0 Å². The maximum Gasteiger partial charge on any atom is 0.242 e. The third kappa shape index (κ3) is 4.11. The van der Waals surface area contributed by atoms with Crippen molar-refractivity contribution >= 4 is 24.4 Å². The molecule has 6 nitrogen and oxygen atoms in total. The van der Waals surface area contributed by atoms with E-state index in [0.717, 1.165) is 0 Å². The molecule has 0 aliphatic heterocycles. The number of aliphatic hydroxyl groups is 1. The molecule has 7 heteroatoms. The summed E-state index contributed by atoms with van der Waals surface area (Å²) >= 11 is 3.79. The van der Waals surface area contributed by atoms with E-state index in [0.29, 0.717) is 0 Å². The number of hydrogen-bond donors (Lipinski definition) is 5. The summed E-state index contributed by atoms with van der Waals surface area (Å²) in [5, 5.41) is 10.8. The zero-order chi connectivity index (χ0) is 10.4. The monoisotopic (exact) mass is 207 g/mol. The van der Waals surface area contributed by atoms with Crippen molar-refractivity contribution in [2.24, 2.45) is 11.5 Å². The third-order valence-electron chi connectivity index (χ3n) is 1.38. The van der Waals surface area contributed by atoms with E-state index in [9.17, 15) is 9.59 Å². The van der Waals surface area contributed by atoms with Crippen molar-refractivity contribution in [3.63, 3.8) is 0 Å². The Balaban J connectivity index is 4.09. The summed E-state index contributed by atoms with van der Waals surface area (Å²) in [6.45, 7) is -0.541. The molecule has 6 N–H and O–H groups in total. The topological polar surface area (TPSA) is 118 Å². The fraction of sp³-hybridized carbons (Fsp3) is 0.667. The molecular formula is C6H13N3O3S. The van der Waals surface area contributed by atoms with Gasteiger partial charge in [-0.15, -0.1) is 0 Å². The van der Waals surface area contributed by atoms with Crippen LogP contribution in [-0.2, 0) is 9.59 Å². The molecule has 0 fully saturated rings. The average Bonchev–Trinajstić information content (AvgIpc) is 2.11. The molecule has 0 saturated carbocycles. The van der Waals surface area contributed by atoms with Crippen LogP contribution < -0.4 is 16.8 Å². The SMILES string of the molecule is NC(=O)[C@H](CO)NC(=O)[C@@H](N)CS. The number of nitrogens with two attached hydrogens (primary N) is 2. The van der Waals surface area contributed by atoms with Crippen molar-refractivity contribution in [3.8, 4) is 0 Å². The minimum absolute atomic E-state index is 0.155. The number of primary amides is 1. The van der Waals surface area contributed by atoms with Crippen LogP contribution in [-0.4, -0.2) is 41.4 Å². The van der Waals surface area contributed by atoms with E-state index in [1.165, 1.54) is 0 Å². The molecule has 2 amide bonds. The van der Waals surface area contributed by atoms with Crippen LogP contribution in [0.3, 0.4) is 0 Å². The van der Waals surface area contributed by atoms with Gasteiger partial charge in [0.1, 0.15) is 6.04 Å². The summed E-state index contributed by atoms with van der Waals surface area (Å²) in [6, 6.07) is -1.89. The first-order valence-electron chi connectivity index (χ1n) is 3.60. The van der Waals surface area contributed by atoms with E-state index in [2.05, 4.69) is 17.9 Å². The van der Waals surface area contributed by atoms with Crippen LogP contribution in [0.15, 0.2) is 0 Å². The highest BCUT2D eigenvalue weighted by atomic mass is 32.1. The lowest BCUT2D eigenvalue weighted by Gasteiger charge is -2.15. The lowest BCUT2D eigenvalue weighted by atomic mass is 10.2. The molecule has 13 heavy (non-hydrogen) atoms. The Labute approximate surface area is 81.1 Å². The van der Waals surface area contributed by atoms with Gasteiger partial charge in [-0.3, -0.25) is 9.59 Å². The van der Waals surface area contributed by atoms with Gasteiger partial charge < -0.3 is 21.9 Å². The Kier molecular flexibility index (Phi) is 5.44. The minimum atomic E-state index is -1.08. The molecule has 2 atom stereocenters. The molecule has 0 unspecified atom stereocenters. The number of aliphatic hydroxyl groups excluding tert-OH is 1. The highest BCUT2D eigenvalue weighted by Gasteiger charge is 2.19. The summed E-state index contributed by atoms with van der Waals surface area (Å²) in [4.78, 5) is 21.6. The first-order chi connectivity index (χ1) is 6.02. The van der Waals surface area contributed by atoms with Crippen LogP contribution in [0, 0.1) is 0 Å². The molecule has 0 radical (unpaired) electrons. The van der Waals surface area contributed by atoms with Crippen LogP contribution in [0.1, 0.15) is 0 Å². The number of thiol groups is 1. The van der Waals surface area contributed by atoms with E-state index in [4.69, 9.17) is 16.6 Å². The third-order valence-corrected chi connectivity index (χ3v) is 1.77. The number of carbonyl (C=O) groups is 2. The Morgan fingerprint density at radius 2 is 2.08 bits per heavy atom. The Morgan fingerprint density at radius 1 is 1.54 bits per heavy atom. The second-order valence-corrected chi connectivity index (χ2v) is 2.80. The minimum Gasteiger partial charge on any atom is -0.394 e. The van der Waals surface area contributed by atoms with E-state index in [1.807, 2.05) is 0 Å². The van der Waals surface area contributed by atoms with Crippen LogP contribution in [0.25, 0.3) is 0 Å². The van der Waals surface area contributed by atoms with E-state index >= 15 is 0 Å².